The lowest BCUT2D eigenvalue weighted by Gasteiger charge is -2.17. The van der Waals surface area contributed by atoms with Crippen LogP contribution in [0, 0.1) is 0 Å². The minimum atomic E-state index is -0.355. The molecule has 0 atom stereocenters. The molecule has 16 heavy (non-hydrogen) atoms. The van der Waals surface area contributed by atoms with Crippen molar-refractivity contribution in [3.05, 3.63) is 48.3 Å². The molecule has 1 aliphatic rings. The van der Waals surface area contributed by atoms with E-state index >= 15 is 0 Å². The number of benzene rings is 1. The Kier molecular flexibility index (Phi) is 3.33. The molecule has 4 heteroatoms. The SMILES string of the molecule is O=C(OCc1ccccc1)N1C=CN=CC1. The molecule has 1 aromatic rings. The summed E-state index contributed by atoms with van der Waals surface area (Å²) in [5, 5.41) is 0. The normalized spacial score (nSPS) is 13.9. The maximum Gasteiger partial charge on any atom is 0.414 e. The Balaban J connectivity index is 1.84. The molecule has 0 unspecified atom stereocenters. The lowest BCUT2D eigenvalue weighted by atomic mass is 10.2. The van der Waals surface area contributed by atoms with Gasteiger partial charge in [0, 0.05) is 18.6 Å². The Morgan fingerprint density at radius 2 is 2.19 bits per heavy atom. The van der Waals surface area contributed by atoms with Gasteiger partial charge in [-0.15, -0.1) is 0 Å². The van der Waals surface area contributed by atoms with E-state index in [1.807, 2.05) is 30.3 Å². The van der Waals surface area contributed by atoms with E-state index in [9.17, 15) is 4.79 Å². The van der Waals surface area contributed by atoms with Crippen molar-refractivity contribution in [2.24, 2.45) is 4.99 Å². The molecule has 0 fully saturated rings. The third-order valence-electron chi connectivity index (χ3n) is 2.16. The number of hydrogen-bond donors (Lipinski definition) is 0. The van der Waals surface area contributed by atoms with Gasteiger partial charge in [-0.2, -0.15) is 0 Å². The summed E-state index contributed by atoms with van der Waals surface area (Å²) in [7, 11) is 0. The number of carbonyl (C=O) groups excluding carboxylic acids is 1. The number of aliphatic imine (C=N–C) groups is 1. The lowest BCUT2D eigenvalue weighted by Crippen LogP contribution is -2.29. The fourth-order valence-corrected chi connectivity index (χ4v) is 1.31. The number of hydrogen-bond acceptors (Lipinski definition) is 3. The van der Waals surface area contributed by atoms with E-state index in [1.165, 1.54) is 4.90 Å². The lowest BCUT2D eigenvalue weighted by molar-refractivity contribution is 0.114. The topological polar surface area (TPSA) is 41.9 Å². The quantitative estimate of drug-likeness (QED) is 0.760. The molecule has 0 saturated carbocycles. The van der Waals surface area contributed by atoms with Crippen molar-refractivity contribution >= 4 is 12.3 Å². The summed E-state index contributed by atoms with van der Waals surface area (Å²) in [5.74, 6) is 0. The molecule has 0 spiro atoms. The van der Waals surface area contributed by atoms with Gasteiger partial charge in [0.2, 0.25) is 0 Å². The fourth-order valence-electron chi connectivity index (χ4n) is 1.31. The van der Waals surface area contributed by atoms with Crippen molar-refractivity contribution in [2.45, 2.75) is 6.61 Å². The number of nitrogens with zero attached hydrogens (tertiary/aromatic N) is 2. The molecule has 1 aliphatic heterocycles. The van der Waals surface area contributed by atoms with Crippen LogP contribution >= 0.6 is 0 Å². The molecule has 0 radical (unpaired) electrons. The van der Waals surface area contributed by atoms with Gasteiger partial charge in [0.25, 0.3) is 0 Å². The van der Waals surface area contributed by atoms with Crippen LogP contribution in [-0.2, 0) is 11.3 Å². The molecule has 1 aromatic carbocycles. The van der Waals surface area contributed by atoms with Gasteiger partial charge < -0.3 is 4.74 Å². The second kappa shape index (κ2) is 5.11. The van der Waals surface area contributed by atoms with Gasteiger partial charge in [-0.3, -0.25) is 9.89 Å². The predicted molar refractivity (Wildman–Crippen MR) is 61.0 cm³/mol. The number of carbonyl (C=O) groups is 1. The molecule has 0 aromatic heterocycles. The minimum Gasteiger partial charge on any atom is -0.444 e. The molecule has 2 rings (SSSR count). The molecule has 0 N–H and O–H groups in total. The number of ether oxygens (including phenoxy) is 1. The Labute approximate surface area is 93.9 Å². The van der Waals surface area contributed by atoms with Crippen LogP contribution in [0.3, 0.4) is 0 Å². The molecule has 0 bridgehead atoms. The van der Waals surface area contributed by atoms with Gasteiger partial charge in [0.1, 0.15) is 6.61 Å². The summed E-state index contributed by atoms with van der Waals surface area (Å²) >= 11 is 0. The Morgan fingerprint density at radius 3 is 2.88 bits per heavy atom. The first kappa shape index (κ1) is 10.4. The van der Waals surface area contributed by atoms with Crippen LogP contribution in [-0.4, -0.2) is 23.8 Å². The maximum atomic E-state index is 11.6. The highest BCUT2D eigenvalue weighted by molar-refractivity contribution is 5.75. The van der Waals surface area contributed by atoms with Gasteiger partial charge in [-0.1, -0.05) is 30.3 Å². The Morgan fingerprint density at radius 1 is 1.38 bits per heavy atom. The zero-order valence-electron chi connectivity index (χ0n) is 8.74. The maximum absolute atomic E-state index is 11.6. The summed E-state index contributed by atoms with van der Waals surface area (Å²) in [6.45, 7) is 0.755. The van der Waals surface area contributed by atoms with Gasteiger partial charge >= 0.3 is 6.09 Å². The first-order valence-corrected chi connectivity index (χ1v) is 5.02. The second-order valence-corrected chi connectivity index (χ2v) is 3.32. The van der Waals surface area contributed by atoms with Gasteiger partial charge in [-0.05, 0) is 5.56 Å². The molecule has 82 valence electrons. The highest BCUT2D eigenvalue weighted by Gasteiger charge is 2.12. The van der Waals surface area contributed by atoms with E-state index in [4.69, 9.17) is 4.74 Å². The molecule has 1 amide bonds. The largest absolute Gasteiger partial charge is 0.444 e. The number of rotatable bonds is 2. The standard InChI is InChI=1S/C12H12N2O2/c15-12(14-8-6-13-7-9-14)16-10-11-4-2-1-3-5-11/h1-8H,9-10H2. The van der Waals surface area contributed by atoms with Crippen LogP contribution in [0.15, 0.2) is 47.7 Å². The highest BCUT2D eigenvalue weighted by atomic mass is 16.6. The van der Waals surface area contributed by atoms with Crippen molar-refractivity contribution in [3.8, 4) is 0 Å². The molecule has 0 saturated heterocycles. The van der Waals surface area contributed by atoms with Gasteiger partial charge in [0.15, 0.2) is 0 Å². The van der Waals surface area contributed by atoms with E-state index in [0.717, 1.165) is 5.56 Å². The minimum absolute atomic E-state index is 0.293. The Hall–Kier alpha value is -2.10. The third kappa shape index (κ3) is 2.70. The zero-order chi connectivity index (χ0) is 11.2. The summed E-state index contributed by atoms with van der Waals surface area (Å²) in [4.78, 5) is 16.9. The fraction of sp³-hybridized carbons (Fsp3) is 0.167. The zero-order valence-corrected chi connectivity index (χ0v) is 8.74. The summed E-state index contributed by atoms with van der Waals surface area (Å²) in [6, 6.07) is 9.59. The van der Waals surface area contributed by atoms with Crippen molar-refractivity contribution in [3.63, 3.8) is 0 Å². The second-order valence-electron chi connectivity index (χ2n) is 3.32. The van der Waals surface area contributed by atoms with Crippen LogP contribution in [0.2, 0.25) is 0 Å². The number of amides is 1. The van der Waals surface area contributed by atoms with Crippen LogP contribution in [0.5, 0.6) is 0 Å². The summed E-state index contributed by atoms with van der Waals surface area (Å²) in [6.07, 6.45) is 4.47. The van der Waals surface area contributed by atoms with Crippen molar-refractivity contribution in [1.29, 1.82) is 0 Å². The Bertz CT molecular complexity index is 412. The third-order valence-corrected chi connectivity index (χ3v) is 2.16. The molecule has 1 heterocycles. The predicted octanol–water partition coefficient (Wildman–Crippen LogP) is 2.18. The van der Waals surface area contributed by atoms with E-state index in [2.05, 4.69) is 4.99 Å². The van der Waals surface area contributed by atoms with Gasteiger partial charge in [0.05, 0.1) is 6.54 Å². The van der Waals surface area contributed by atoms with Crippen LogP contribution in [0.1, 0.15) is 5.56 Å². The average molecular weight is 216 g/mol. The van der Waals surface area contributed by atoms with Crippen LogP contribution in [0.25, 0.3) is 0 Å². The molecule has 4 nitrogen and oxygen atoms in total. The van der Waals surface area contributed by atoms with Crippen molar-refractivity contribution in [2.75, 3.05) is 6.54 Å². The van der Waals surface area contributed by atoms with Gasteiger partial charge in [-0.25, -0.2) is 4.79 Å². The van der Waals surface area contributed by atoms with E-state index in [0.29, 0.717) is 13.2 Å². The first-order chi connectivity index (χ1) is 7.86. The molecular weight excluding hydrogens is 204 g/mol. The highest BCUT2D eigenvalue weighted by Crippen LogP contribution is 2.04. The van der Waals surface area contributed by atoms with Crippen LogP contribution in [0.4, 0.5) is 4.79 Å². The van der Waals surface area contributed by atoms with Crippen molar-refractivity contribution < 1.29 is 9.53 Å². The first-order valence-electron chi connectivity index (χ1n) is 5.02. The summed E-state index contributed by atoms with van der Waals surface area (Å²) in [5.41, 5.74) is 0.977. The average Bonchev–Trinajstić information content (AvgIpc) is 2.38. The molecular formula is C12H12N2O2. The van der Waals surface area contributed by atoms with E-state index in [-0.39, 0.29) is 6.09 Å². The summed E-state index contributed by atoms with van der Waals surface area (Å²) < 4.78 is 5.14. The van der Waals surface area contributed by atoms with Crippen LogP contribution < -0.4 is 0 Å². The monoisotopic (exact) mass is 216 g/mol. The molecule has 0 aliphatic carbocycles. The van der Waals surface area contributed by atoms with Crippen molar-refractivity contribution in [1.82, 2.24) is 4.90 Å². The van der Waals surface area contributed by atoms with E-state index in [1.54, 1.807) is 18.6 Å². The van der Waals surface area contributed by atoms with E-state index < -0.39 is 0 Å². The smallest absolute Gasteiger partial charge is 0.414 e.